The first-order valence-electron chi connectivity index (χ1n) is 6.47. The Hall–Kier alpha value is -2.19. The number of hydrogen-bond donors (Lipinski definition) is 4. The molecule has 1 aromatic rings. The van der Waals surface area contributed by atoms with Crippen LogP contribution < -0.4 is 11.2 Å². The zero-order chi connectivity index (χ0) is 15.6. The highest BCUT2D eigenvalue weighted by atomic mass is 16.4. The zero-order valence-electron chi connectivity index (χ0n) is 11.1. The number of carbonyl (C=O) groups is 1. The molecular weight excluding hydrogens is 280 g/mol. The van der Waals surface area contributed by atoms with Crippen molar-refractivity contribution in [1.29, 1.82) is 0 Å². The van der Waals surface area contributed by atoms with Gasteiger partial charge < -0.3 is 15.3 Å². The third-order valence-corrected chi connectivity index (χ3v) is 3.66. The Morgan fingerprint density at radius 1 is 1.43 bits per heavy atom. The second kappa shape index (κ2) is 6.06. The SMILES string of the molecule is O=C(O)/C=C/c1cn(C2C[C@@H](CO)[C@H](O)C2)c(=O)[nH]c1=O. The Morgan fingerprint density at radius 3 is 2.71 bits per heavy atom. The number of carboxylic acids is 1. The van der Waals surface area contributed by atoms with Crippen molar-refractivity contribution < 1.29 is 20.1 Å². The van der Waals surface area contributed by atoms with Gasteiger partial charge in [-0.05, 0) is 18.9 Å². The van der Waals surface area contributed by atoms with Gasteiger partial charge in [0.05, 0.1) is 11.7 Å². The van der Waals surface area contributed by atoms with Crippen LogP contribution in [0, 0.1) is 5.92 Å². The van der Waals surface area contributed by atoms with Gasteiger partial charge in [0.1, 0.15) is 0 Å². The third-order valence-electron chi connectivity index (χ3n) is 3.66. The fraction of sp³-hybridized carbons (Fsp3) is 0.462. The Balaban J connectivity index is 2.37. The maximum atomic E-state index is 11.8. The van der Waals surface area contributed by atoms with Crippen LogP contribution in [0.3, 0.4) is 0 Å². The van der Waals surface area contributed by atoms with E-state index in [2.05, 4.69) is 4.98 Å². The van der Waals surface area contributed by atoms with Crippen molar-refractivity contribution in [1.82, 2.24) is 9.55 Å². The molecule has 1 aliphatic rings. The topological polar surface area (TPSA) is 133 Å². The molecule has 1 aliphatic carbocycles. The summed E-state index contributed by atoms with van der Waals surface area (Å²) < 4.78 is 1.27. The molecule has 8 nitrogen and oxygen atoms in total. The Kier molecular flexibility index (Phi) is 4.39. The van der Waals surface area contributed by atoms with Crippen molar-refractivity contribution >= 4 is 12.0 Å². The van der Waals surface area contributed by atoms with E-state index in [1.807, 2.05) is 0 Å². The smallest absolute Gasteiger partial charge is 0.328 e. The van der Waals surface area contributed by atoms with Gasteiger partial charge >= 0.3 is 11.7 Å². The van der Waals surface area contributed by atoms with Gasteiger partial charge in [0.25, 0.3) is 5.56 Å². The molecule has 0 aliphatic heterocycles. The van der Waals surface area contributed by atoms with Crippen LogP contribution in [-0.4, -0.2) is 43.6 Å². The maximum Gasteiger partial charge on any atom is 0.328 e. The highest BCUT2D eigenvalue weighted by molar-refractivity contribution is 5.85. The fourth-order valence-electron chi connectivity index (χ4n) is 2.55. The van der Waals surface area contributed by atoms with Gasteiger partial charge in [-0.2, -0.15) is 0 Å². The fourth-order valence-corrected chi connectivity index (χ4v) is 2.55. The minimum Gasteiger partial charge on any atom is -0.478 e. The van der Waals surface area contributed by atoms with E-state index >= 15 is 0 Å². The molecule has 3 atom stereocenters. The second-order valence-corrected chi connectivity index (χ2v) is 5.06. The van der Waals surface area contributed by atoms with Crippen LogP contribution in [0.5, 0.6) is 0 Å². The van der Waals surface area contributed by atoms with E-state index in [4.69, 9.17) is 10.2 Å². The lowest BCUT2D eigenvalue weighted by Gasteiger charge is -2.13. The molecule has 1 unspecified atom stereocenters. The molecule has 0 spiro atoms. The summed E-state index contributed by atoms with van der Waals surface area (Å²) in [5.41, 5.74) is -1.26. The molecule has 4 N–H and O–H groups in total. The van der Waals surface area contributed by atoms with Crippen molar-refractivity contribution in [2.24, 2.45) is 5.92 Å². The number of aliphatic hydroxyl groups is 2. The molecule has 1 saturated carbocycles. The molecule has 0 saturated heterocycles. The van der Waals surface area contributed by atoms with Crippen LogP contribution in [0.1, 0.15) is 24.4 Å². The molecule has 8 heteroatoms. The standard InChI is InChI=1S/C13H16N2O6/c16-6-8-3-9(4-10(8)17)15-5-7(1-2-11(18)19)12(20)14-13(15)21/h1-2,5,8-10,16-17H,3-4,6H2,(H,18,19)(H,14,20,21)/b2-1+/t8-,9?,10+/m0/s1. The van der Waals surface area contributed by atoms with Crippen LogP contribution in [0.4, 0.5) is 0 Å². The predicted octanol–water partition coefficient (Wildman–Crippen LogP) is -1.06. The Bertz CT molecular complexity index is 674. The summed E-state index contributed by atoms with van der Waals surface area (Å²) in [6.07, 6.45) is 3.17. The van der Waals surface area contributed by atoms with Crippen LogP contribution in [0.2, 0.25) is 0 Å². The Morgan fingerprint density at radius 2 is 2.14 bits per heavy atom. The Labute approximate surface area is 119 Å². The monoisotopic (exact) mass is 296 g/mol. The van der Waals surface area contributed by atoms with Crippen LogP contribution in [-0.2, 0) is 4.79 Å². The molecular formula is C13H16N2O6. The van der Waals surface area contributed by atoms with Gasteiger partial charge in [0.15, 0.2) is 0 Å². The number of aromatic amines is 1. The van der Waals surface area contributed by atoms with Crippen LogP contribution in [0.25, 0.3) is 6.08 Å². The average molecular weight is 296 g/mol. The van der Waals surface area contributed by atoms with Crippen molar-refractivity contribution in [3.8, 4) is 0 Å². The van der Waals surface area contributed by atoms with Crippen molar-refractivity contribution in [3.05, 3.63) is 38.7 Å². The summed E-state index contributed by atoms with van der Waals surface area (Å²) in [4.78, 5) is 36.1. The van der Waals surface area contributed by atoms with E-state index in [9.17, 15) is 19.5 Å². The number of carboxylic acid groups (broad SMARTS) is 1. The number of aliphatic carboxylic acids is 1. The number of aliphatic hydroxyl groups excluding tert-OH is 2. The van der Waals surface area contributed by atoms with E-state index < -0.39 is 23.3 Å². The lowest BCUT2D eigenvalue weighted by Crippen LogP contribution is -2.32. The number of nitrogens with one attached hydrogen (secondary N) is 1. The van der Waals surface area contributed by atoms with Gasteiger partial charge in [0.2, 0.25) is 0 Å². The van der Waals surface area contributed by atoms with Crippen molar-refractivity contribution in [3.63, 3.8) is 0 Å². The quantitative estimate of drug-likeness (QED) is 0.523. The molecule has 21 heavy (non-hydrogen) atoms. The lowest BCUT2D eigenvalue weighted by atomic mass is 10.1. The summed E-state index contributed by atoms with van der Waals surface area (Å²) in [6.45, 7) is -0.179. The van der Waals surface area contributed by atoms with Crippen LogP contribution in [0.15, 0.2) is 21.9 Å². The minimum absolute atomic E-state index is 0.0407. The molecule has 0 radical (unpaired) electrons. The molecule has 1 heterocycles. The van der Waals surface area contributed by atoms with E-state index in [1.165, 1.54) is 10.8 Å². The first-order valence-corrected chi connectivity index (χ1v) is 6.47. The van der Waals surface area contributed by atoms with Gasteiger partial charge in [-0.25, -0.2) is 9.59 Å². The molecule has 1 fully saturated rings. The second-order valence-electron chi connectivity index (χ2n) is 5.06. The molecule has 2 rings (SSSR count). The van der Waals surface area contributed by atoms with E-state index in [1.54, 1.807) is 0 Å². The first kappa shape index (κ1) is 15.2. The molecule has 1 aromatic heterocycles. The number of rotatable bonds is 4. The number of hydrogen-bond acceptors (Lipinski definition) is 5. The van der Waals surface area contributed by atoms with Crippen LogP contribution >= 0.6 is 0 Å². The van der Waals surface area contributed by atoms with Gasteiger partial charge in [0, 0.05) is 30.8 Å². The molecule has 0 bridgehead atoms. The normalized spacial score (nSPS) is 25.5. The number of nitrogens with zero attached hydrogens (tertiary/aromatic N) is 1. The maximum absolute atomic E-state index is 11.8. The molecule has 114 valence electrons. The zero-order valence-corrected chi connectivity index (χ0v) is 11.1. The molecule has 0 aromatic carbocycles. The molecule has 0 amide bonds. The largest absolute Gasteiger partial charge is 0.478 e. The lowest BCUT2D eigenvalue weighted by molar-refractivity contribution is -0.131. The summed E-state index contributed by atoms with van der Waals surface area (Å²) in [7, 11) is 0. The van der Waals surface area contributed by atoms with E-state index in [0.717, 1.165) is 12.2 Å². The minimum atomic E-state index is -1.20. The van der Waals surface area contributed by atoms with Gasteiger partial charge in [-0.1, -0.05) is 0 Å². The summed E-state index contributed by atoms with van der Waals surface area (Å²) in [6, 6.07) is -0.349. The summed E-state index contributed by atoms with van der Waals surface area (Å²) in [5, 5.41) is 27.5. The van der Waals surface area contributed by atoms with Gasteiger partial charge in [-0.15, -0.1) is 0 Å². The van der Waals surface area contributed by atoms with Crippen molar-refractivity contribution in [2.45, 2.75) is 25.0 Å². The highest BCUT2D eigenvalue weighted by Crippen LogP contribution is 2.33. The number of aromatic nitrogens is 2. The predicted molar refractivity (Wildman–Crippen MR) is 72.8 cm³/mol. The van der Waals surface area contributed by atoms with E-state index in [-0.39, 0.29) is 24.1 Å². The third kappa shape index (κ3) is 3.29. The first-order chi connectivity index (χ1) is 9.92. The summed E-state index contributed by atoms with van der Waals surface area (Å²) >= 11 is 0. The summed E-state index contributed by atoms with van der Waals surface area (Å²) in [5.74, 6) is -1.52. The van der Waals surface area contributed by atoms with Gasteiger partial charge in [-0.3, -0.25) is 14.3 Å². The highest BCUT2D eigenvalue weighted by Gasteiger charge is 2.34. The van der Waals surface area contributed by atoms with E-state index in [0.29, 0.717) is 12.8 Å². The van der Waals surface area contributed by atoms with Crippen molar-refractivity contribution in [2.75, 3.05) is 6.61 Å². The number of H-pyrrole nitrogens is 1. The average Bonchev–Trinajstić information content (AvgIpc) is 2.78.